The number of esters is 1. The number of fused-ring (bicyclic) bond motifs is 3. The third-order valence-electron chi connectivity index (χ3n) is 5.73. The van der Waals surface area contributed by atoms with Gasteiger partial charge >= 0.3 is 5.97 Å². The SMILES string of the molecule is Cc1ccc(-n2cnc3c4ccc(CC(=O)OC(C)c5ccc(Cl)cn5)cc4ccc32)cc1. The van der Waals surface area contributed by atoms with E-state index in [9.17, 15) is 4.79 Å². The molecule has 0 aliphatic heterocycles. The van der Waals surface area contributed by atoms with Crippen molar-refractivity contribution in [3.05, 3.63) is 101 Å². The molecule has 5 nitrogen and oxygen atoms in total. The van der Waals surface area contributed by atoms with Crippen LogP contribution in [-0.4, -0.2) is 20.5 Å². The van der Waals surface area contributed by atoms with Gasteiger partial charge in [-0.05, 0) is 55.1 Å². The monoisotopic (exact) mass is 455 g/mol. The minimum atomic E-state index is -0.444. The van der Waals surface area contributed by atoms with Gasteiger partial charge in [0.1, 0.15) is 12.4 Å². The van der Waals surface area contributed by atoms with Crippen LogP contribution >= 0.6 is 11.6 Å². The smallest absolute Gasteiger partial charge is 0.310 e. The molecule has 5 rings (SSSR count). The highest BCUT2D eigenvalue weighted by Gasteiger charge is 2.15. The molecule has 0 spiro atoms. The average Bonchev–Trinajstić information content (AvgIpc) is 3.24. The molecule has 0 saturated heterocycles. The fourth-order valence-electron chi connectivity index (χ4n) is 3.97. The summed E-state index contributed by atoms with van der Waals surface area (Å²) in [5.74, 6) is -0.302. The normalized spacial score (nSPS) is 12.2. The number of carbonyl (C=O) groups excluding carboxylic acids is 1. The lowest BCUT2D eigenvalue weighted by atomic mass is 10.0. The minimum absolute atomic E-state index is 0.184. The largest absolute Gasteiger partial charge is 0.456 e. The maximum atomic E-state index is 12.5. The Bertz CT molecular complexity index is 1460. The number of hydrogen-bond donors (Lipinski definition) is 0. The Morgan fingerprint density at radius 3 is 2.61 bits per heavy atom. The lowest BCUT2D eigenvalue weighted by Crippen LogP contribution is -2.12. The van der Waals surface area contributed by atoms with Crippen molar-refractivity contribution in [1.82, 2.24) is 14.5 Å². The second-order valence-corrected chi connectivity index (χ2v) is 8.59. The summed E-state index contributed by atoms with van der Waals surface area (Å²) < 4.78 is 7.65. The van der Waals surface area contributed by atoms with Gasteiger partial charge in [0.25, 0.3) is 0 Å². The summed E-state index contributed by atoms with van der Waals surface area (Å²) in [4.78, 5) is 21.4. The number of carbonyl (C=O) groups is 1. The molecule has 0 radical (unpaired) electrons. The Balaban J connectivity index is 1.37. The van der Waals surface area contributed by atoms with Gasteiger partial charge < -0.3 is 4.74 Å². The zero-order valence-electron chi connectivity index (χ0n) is 18.3. The van der Waals surface area contributed by atoms with E-state index in [0.29, 0.717) is 10.7 Å². The summed E-state index contributed by atoms with van der Waals surface area (Å²) in [6.45, 7) is 3.88. The highest BCUT2D eigenvalue weighted by molar-refractivity contribution is 6.30. The van der Waals surface area contributed by atoms with Crippen LogP contribution in [-0.2, 0) is 16.0 Å². The van der Waals surface area contributed by atoms with E-state index >= 15 is 0 Å². The average molecular weight is 456 g/mol. The summed E-state index contributed by atoms with van der Waals surface area (Å²) in [5, 5.41) is 2.63. The summed E-state index contributed by atoms with van der Waals surface area (Å²) >= 11 is 5.88. The molecule has 2 aromatic heterocycles. The van der Waals surface area contributed by atoms with Gasteiger partial charge in [0, 0.05) is 17.3 Å². The van der Waals surface area contributed by atoms with E-state index in [0.717, 1.165) is 33.1 Å². The van der Waals surface area contributed by atoms with Crippen LogP contribution in [0.1, 0.15) is 29.8 Å². The highest BCUT2D eigenvalue weighted by Crippen LogP contribution is 2.28. The molecule has 5 aromatic rings. The molecule has 0 bridgehead atoms. The molecule has 0 fully saturated rings. The number of ether oxygens (including phenoxy) is 1. The molecule has 1 atom stereocenters. The number of benzene rings is 3. The summed E-state index contributed by atoms with van der Waals surface area (Å²) in [5.41, 5.74) is 5.83. The maximum absolute atomic E-state index is 12.5. The fraction of sp³-hybridized carbons (Fsp3) is 0.148. The van der Waals surface area contributed by atoms with Crippen LogP contribution in [0.3, 0.4) is 0 Å². The molecule has 3 aromatic carbocycles. The van der Waals surface area contributed by atoms with Crippen molar-refractivity contribution in [2.24, 2.45) is 0 Å². The van der Waals surface area contributed by atoms with Crippen LogP contribution in [0.25, 0.3) is 27.5 Å². The predicted octanol–water partition coefficient (Wildman–Crippen LogP) is 6.38. The molecule has 6 heteroatoms. The van der Waals surface area contributed by atoms with Gasteiger partial charge in [0.2, 0.25) is 0 Å². The van der Waals surface area contributed by atoms with Crippen molar-refractivity contribution in [2.75, 3.05) is 0 Å². The van der Waals surface area contributed by atoms with Crippen molar-refractivity contribution in [3.63, 3.8) is 0 Å². The van der Waals surface area contributed by atoms with E-state index in [1.54, 1.807) is 25.3 Å². The van der Waals surface area contributed by atoms with Gasteiger partial charge in [-0.1, -0.05) is 53.6 Å². The summed E-state index contributed by atoms with van der Waals surface area (Å²) in [6.07, 6.45) is 3.14. The lowest BCUT2D eigenvalue weighted by Gasteiger charge is -2.13. The Labute approximate surface area is 196 Å². The van der Waals surface area contributed by atoms with E-state index in [2.05, 4.69) is 57.9 Å². The number of aromatic nitrogens is 3. The third-order valence-corrected chi connectivity index (χ3v) is 5.96. The van der Waals surface area contributed by atoms with Gasteiger partial charge in [-0.15, -0.1) is 0 Å². The number of imidazole rings is 1. The second kappa shape index (κ2) is 8.68. The third kappa shape index (κ3) is 4.32. The van der Waals surface area contributed by atoms with Gasteiger partial charge in [-0.3, -0.25) is 14.3 Å². The predicted molar refractivity (Wildman–Crippen MR) is 131 cm³/mol. The quantitative estimate of drug-likeness (QED) is 0.288. The van der Waals surface area contributed by atoms with Gasteiger partial charge in [0.15, 0.2) is 0 Å². The first-order chi connectivity index (χ1) is 16.0. The first kappa shape index (κ1) is 21.2. The van der Waals surface area contributed by atoms with Crippen LogP contribution in [0.5, 0.6) is 0 Å². The standard InChI is InChI=1S/C27H22ClN3O2/c1-17-3-8-22(9-4-17)31-16-30-27-23-10-5-19(13-20(23)6-12-25(27)31)14-26(32)33-18(2)24-11-7-21(28)15-29-24/h3-13,15-16,18H,14H2,1-2H3. The number of pyridine rings is 1. The molecule has 0 aliphatic carbocycles. The van der Waals surface area contributed by atoms with Crippen molar-refractivity contribution in [3.8, 4) is 5.69 Å². The first-order valence-corrected chi connectivity index (χ1v) is 11.1. The highest BCUT2D eigenvalue weighted by atomic mass is 35.5. The molecule has 33 heavy (non-hydrogen) atoms. The van der Waals surface area contributed by atoms with E-state index < -0.39 is 6.10 Å². The number of nitrogens with zero attached hydrogens (tertiary/aromatic N) is 3. The topological polar surface area (TPSA) is 57.0 Å². The second-order valence-electron chi connectivity index (χ2n) is 8.15. The van der Waals surface area contributed by atoms with E-state index in [1.165, 1.54) is 5.56 Å². The van der Waals surface area contributed by atoms with Crippen LogP contribution < -0.4 is 0 Å². The summed E-state index contributed by atoms with van der Waals surface area (Å²) in [6, 6.07) is 22.0. The molecule has 164 valence electrons. The van der Waals surface area contributed by atoms with Gasteiger partial charge in [0.05, 0.1) is 28.2 Å². The Hall–Kier alpha value is -3.70. The maximum Gasteiger partial charge on any atom is 0.310 e. The van der Waals surface area contributed by atoms with E-state index in [4.69, 9.17) is 16.3 Å². The summed E-state index contributed by atoms with van der Waals surface area (Å²) in [7, 11) is 0. The minimum Gasteiger partial charge on any atom is -0.456 e. The first-order valence-electron chi connectivity index (χ1n) is 10.7. The van der Waals surface area contributed by atoms with Crippen LogP contribution in [0.15, 0.2) is 79.3 Å². The van der Waals surface area contributed by atoms with Crippen molar-refractivity contribution >= 4 is 39.4 Å². The molecule has 0 amide bonds. The van der Waals surface area contributed by atoms with Crippen LogP contribution in [0, 0.1) is 6.92 Å². The molecule has 0 saturated carbocycles. The van der Waals surface area contributed by atoms with Crippen LogP contribution in [0.4, 0.5) is 0 Å². The molecule has 2 heterocycles. The van der Waals surface area contributed by atoms with Gasteiger partial charge in [-0.25, -0.2) is 4.98 Å². The molecule has 0 N–H and O–H groups in total. The lowest BCUT2D eigenvalue weighted by molar-refractivity contribution is -0.147. The zero-order chi connectivity index (χ0) is 22.9. The van der Waals surface area contributed by atoms with E-state index in [1.807, 2.05) is 24.5 Å². The Kier molecular flexibility index (Phi) is 5.56. The van der Waals surface area contributed by atoms with Crippen molar-refractivity contribution in [2.45, 2.75) is 26.4 Å². The number of halogens is 1. The van der Waals surface area contributed by atoms with Gasteiger partial charge in [-0.2, -0.15) is 0 Å². The fourth-order valence-corrected chi connectivity index (χ4v) is 4.09. The van der Waals surface area contributed by atoms with Crippen LogP contribution in [0.2, 0.25) is 5.02 Å². The Morgan fingerprint density at radius 1 is 1.03 bits per heavy atom. The molecule has 1 unspecified atom stereocenters. The number of hydrogen-bond acceptors (Lipinski definition) is 4. The molecular formula is C27H22ClN3O2. The molecule has 0 aliphatic rings. The molecular weight excluding hydrogens is 434 g/mol. The van der Waals surface area contributed by atoms with E-state index in [-0.39, 0.29) is 12.4 Å². The Morgan fingerprint density at radius 2 is 1.85 bits per heavy atom. The van der Waals surface area contributed by atoms with Crippen molar-refractivity contribution in [1.29, 1.82) is 0 Å². The number of rotatable bonds is 5. The van der Waals surface area contributed by atoms with Crippen molar-refractivity contribution < 1.29 is 9.53 Å². The zero-order valence-corrected chi connectivity index (χ0v) is 19.1. The number of aryl methyl sites for hydroxylation is 1.